The summed E-state index contributed by atoms with van der Waals surface area (Å²) in [7, 11) is 0. The van der Waals surface area contributed by atoms with Crippen LogP contribution in [0.4, 0.5) is 0 Å². The summed E-state index contributed by atoms with van der Waals surface area (Å²) >= 11 is -2.27. The van der Waals surface area contributed by atoms with Gasteiger partial charge >= 0.3 is 161 Å². The fraction of sp³-hybridized carbons (Fsp3) is 0.357. The second kappa shape index (κ2) is 13.0. The molecule has 0 fully saturated rings. The van der Waals surface area contributed by atoms with Crippen LogP contribution in [0.5, 0.6) is 0 Å². The van der Waals surface area contributed by atoms with E-state index in [1.807, 2.05) is 0 Å². The van der Waals surface area contributed by atoms with Crippen LogP contribution in [0.1, 0.15) is 49.9 Å². The van der Waals surface area contributed by atoms with E-state index in [-0.39, 0.29) is 0 Å². The summed E-state index contributed by atoms with van der Waals surface area (Å²) in [6.07, 6.45) is 2.21. The van der Waals surface area contributed by atoms with E-state index in [2.05, 4.69) is 114 Å². The standard InChI is InChI=1S/3C8H9.C4H11N.Bi/c1-7-4-3-5-8(2)6-7;2*1-2-8-6-4-3-5-7-8;1-3-5-4-2;/h3-4,6H,1-2H3;2*3-4,6-7H,2H2,1H3;5H,3-4H2,1-2H3;. The first-order valence-corrected chi connectivity index (χ1v) is 16.5. The maximum atomic E-state index is 3.11. The monoisotopic (exact) mass is 597 g/mol. The third kappa shape index (κ3) is 7.03. The van der Waals surface area contributed by atoms with E-state index in [4.69, 9.17) is 0 Å². The predicted molar refractivity (Wildman–Crippen MR) is 136 cm³/mol. The van der Waals surface area contributed by atoms with Gasteiger partial charge in [0, 0.05) is 0 Å². The van der Waals surface area contributed by atoms with Gasteiger partial charge in [-0.2, -0.15) is 0 Å². The van der Waals surface area contributed by atoms with Crippen molar-refractivity contribution in [3.8, 4) is 0 Å². The Morgan fingerprint density at radius 3 is 1.60 bits per heavy atom. The molecule has 3 aromatic rings. The van der Waals surface area contributed by atoms with E-state index in [0.717, 1.165) is 25.9 Å². The van der Waals surface area contributed by atoms with Crippen LogP contribution in [0.3, 0.4) is 0 Å². The maximum absolute atomic E-state index is 3.11. The van der Waals surface area contributed by atoms with Crippen molar-refractivity contribution in [3.05, 3.63) is 89.0 Å². The van der Waals surface area contributed by atoms with Crippen molar-refractivity contribution in [3.63, 3.8) is 0 Å². The molecule has 0 bridgehead atoms. The molecule has 0 saturated carbocycles. The van der Waals surface area contributed by atoms with E-state index in [1.54, 1.807) is 9.81 Å². The second-order valence-electron chi connectivity index (χ2n) is 7.63. The van der Waals surface area contributed by atoms with Crippen LogP contribution in [-0.4, -0.2) is 34.8 Å². The number of nitrogens with one attached hydrogen (secondary N) is 1. The van der Waals surface area contributed by atoms with E-state index < -0.39 is 21.8 Å². The molecule has 0 heterocycles. The van der Waals surface area contributed by atoms with Gasteiger partial charge in [0.15, 0.2) is 0 Å². The Kier molecular flexibility index (Phi) is 10.8. The van der Waals surface area contributed by atoms with Crippen molar-refractivity contribution >= 4 is 31.6 Å². The zero-order valence-corrected chi connectivity index (χ0v) is 23.1. The molecule has 160 valence electrons. The Balaban J connectivity index is 0.000000575. The topological polar surface area (TPSA) is 12.0 Å². The number of hydrogen-bond acceptors (Lipinski definition) is 1. The first kappa shape index (κ1) is 24.8. The molecule has 0 amide bonds. The van der Waals surface area contributed by atoms with Gasteiger partial charge in [0.05, 0.1) is 0 Å². The number of benzene rings is 3. The Labute approximate surface area is 192 Å². The molecule has 0 spiro atoms. The van der Waals surface area contributed by atoms with Gasteiger partial charge in [-0.1, -0.05) is 13.8 Å². The SMILES string of the molecule is CCNCC.CCc1ccc[c]([Bi]([c]2cccc(CC)c2)[c]2ccc(C)cc2C)c1. The normalized spacial score (nSPS) is 10.6. The van der Waals surface area contributed by atoms with E-state index in [1.165, 1.54) is 22.3 Å². The summed E-state index contributed by atoms with van der Waals surface area (Å²) in [5.74, 6) is 0. The quantitative estimate of drug-likeness (QED) is 0.394. The van der Waals surface area contributed by atoms with Crippen molar-refractivity contribution in [1.82, 2.24) is 5.32 Å². The zero-order valence-electron chi connectivity index (χ0n) is 19.6. The third-order valence-corrected chi connectivity index (χ3v) is 15.2. The molecule has 0 saturated heterocycles. The molecule has 0 atom stereocenters. The first-order valence-electron chi connectivity index (χ1n) is 11.3. The molecule has 0 aromatic heterocycles. The molecule has 0 aliphatic rings. The van der Waals surface area contributed by atoms with Crippen LogP contribution < -0.4 is 15.1 Å². The van der Waals surface area contributed by atoms with Crippen molar-refractivity contribution < 1.29 is 0 Å². The van der Waals surface area contributed by atoms with E-state index in [9.17, 15) is 0 Å². The van der Waals surface area contributed by atoms with Crippen LogP contribution in [0.15, 0.2) is 66.7 Å². The van der Waals surface area contributed by atoms with Crippen molar-refractivity contribution in [1.29, 1.82) is 0 Å². The molecule has 3 rings (SSSR count). The fourth-order valence-electron chi connectivity index (χ4n) is 3.56. The molecular weight excluding hydrogens is 559 g/mol. The van der Waals surface area contributed by atoms with Gasteiger partial charge in [0.2, 0.25) is 0 Å². The summed E-state index contributed by atoms with van der Waals surface area (Å²) in [6, 6.07) is 25.7. The van der Waals surface area contributed by atoms with Gasteiger partial charge < -0.3 is 5.32 Å². The van der Waals surface area contributed by atoms with Crippen LogP contribution in [0.2, 0.25) is 0 Å². The Hall–Kier alpha value is -1.50. The van der Waals surface area contributed by atoms with Gasteiger partial charge in [-0.05, 0) is 13.1 Å². The van der Waals surface area contributed by atoms with E-state index in [0.29, 0.717) is 0 Å². The Morgan fingerprint density at radius 2 is 1.20 bits per heavy atom. The van der Waals surface area contributed by atoms with Gasteiger partial charge in [0.25, 0.3) is 0 Å². The number of rotatable bonds is 7. The summed E-state index contributed by atoms with van der Waals surface area (Å²) in [5.41, 5.74) is 5.72. The third-order valence-electron chi connectivity index (χ3n) is 5.25. The average molecular weight is 598 g/mol. The number of hydrogen-bond donors (Lipinski definition) is 1. The zero-order chi connectivity index (χ0) is 21.9. The molecule has 2 heteroatoms. The van der Waals surface area contributed by atoms with Gasteiger partial charge in [0.1, 0.15) is 0 Å². The average Bonchev–Trinajstić information content (AvgIpc) is 2.77. The van der Waals surface area contributed by atoms with Crippen molar-refractivity contribution in [2.24, 2.45) is 0 Å². The Bertz CT molecular complexity index is 867. The predicted octanol–water partition coefficient (Wildman–Crippen LogP) is 4.56. The molecular formula is C28H38BiN. The summed E-state index contributed by atoms with van der Waals surface area (Å²) in [4.78, 5) is 0. The molecule has 0 unspecified atom stereocenters. The van der Waals surface area contributed by atoms with Crippen molar-refractivity contribution in [2.45, 2.75) is 54.4 Å². The number of aryl methyl sites for hydroxylation is 4. The fourth-order valence-corrected chi connectivity index (χ4v) is 13.5. The minimum absolute atomic E-state index is 1.09. The molecule has 3 aromatic carbocycles. The van der Waals surface area contributed by atoms with Crippen LogP contribution in [0, 0.1) is 13.8 Å². The van der Waals surface area contributed by atoms with Crippen LogP contribution >= 0.6 is 0 Å². The molecule has 0 radical (unpaired) electrons. The summed E-state index contributed by atoms with van der Waals surface area (Å²) < 4.78 is 4.80. The van der Waals surface area contributed by atoms with Crippen LogP contribution in [-0.2, 0) is 12.8 Å². The van der Waals surface area contributed by atoms with Crippen LogP contribution in [0.25, 0.3) is 0 Å². The minimum atomic E-state index is -2.27. The molecule has 0 aliphatic heterocycles. The van der Waals surface area contributed by atoms with Gasteiger partial charge in [-0.25, -0.2) is 0 Å². The molecule has 0 aliphatic carbocycles. The van der Waals surface area contributed by atoms with E-state index >= 15 is 0 Å². The summed E-state index contributed by atoms with van der Waals surface area (Å²) in [6.45, 7) is 15.4. The summed E-state index contributed by atoms with van der Waals surface area (Å²) in [5, 5.41) is 3.11. The molecule has 30 heavy (non-hydrogen) atoms. The second-order valence-corrected chi connectivity index (χ2v) is 16.1. The molecule has 1 N–H and O–H groups in total. The van der Waals surface area contributed by atoms with Crippen molar-refractivity contribution in [2.75, 3.05) is 13.1 Å². The van der Waals surface area contributed by atoms with Gasteiger partial charge in [-0.15, -0.1) is 0 Å². The Morgan fingerprint density at radius 1 is 0.667 bits per heavy atom. The molecule has 1 nitrogen and oxygen atoms in total. The van der Waals surface area contributed by atoms with Gasteiger partial charge in [-0.3, -0.25) is 0 Å². The first-order chi connectivity index (χ1) is 14.5.